The van der Waals surface area contributed by atoms with Crippen molar-refractivity contribution in [1.29, 1.82) is 0 Å². The van der Waals surface area contributed by atoms with Crippen LogP contribution in [0, 0.1) is 5.92 Å². The Morgan fingerprint density at radius 1 is 1.03 bits per heavy atom. The lowest BCUT2D eigenvalue weighted by atomic mass is 9.81. The maximum Gasteiger partial charge on any atom is 0.133 e. The number of halogens is 2. The lowest BCUT2D eigenvalue weighted by Crippen LogP contribution is -2.37. The van der Waals surface area contributed by atoms with Crippen molar-refractivity contribution >= 4 is 52.8 Å². The highest BCUT2D eigenvalue weighted by molar-refractivity contribution is 9.12. The summed E-state index contributed by atoms with van der Waals surface area (Å²) in [6.45, 7) is 0. The van der Waals surface area contributed by atoms with Crippen LogP contribution in [0.2, 0.25) is 5.02 Å². The van der Waals surface area contributed by atoms with E-state index in [1.54, 1.807) is 0 Å². The summed E-state index contributed by atoms with van der Waals surface area (Å²) in [5.41, 5.74) is 6.09. The van der Waals surface area contributed by atoms with Gasteiger partial charge in [-0.05, 0) is 71.7 Å². The SMILES string of the molecule is [B]c1ccc(CC2CCC(NC3=CC(c4ccccc4Cl)=NC4=C(Br)C=NC34)CC2)cc1. The van der Waals surface area contributed by atoms with Crippen molar-refractivity contribution in [3.05, 3.63) is 86.6 Å². The first-order valence-corrected chi connectivity index (χ1v) is 12.3. The molecule has 2 heterocycles. The molecule has 1 atom stereocenters. The highest BCUT2D eigenvalue weighted by Crippen LogP contribution is 2.34. The molecule has 3 nitrogen and oxygen atoms in total. The molecule has 5 rings (SSSR count). The molecule has 1 saturated carbocycles. The van der Waals surface area contributed by atoms with Gasteiger partial charge in [-0.3, -0.25) is 4.99 Å². The van der Waals surface area contributed by atoms with E-state index in [0.29, 0.717) is 11.1 Å². The number of nitrogens with zero attached hydrogens (tertiary/aromatic N) is 2. The molecule has 32 heavy (non-hydrogen) atoms. The van der Waals surface area contributed by atoms with E-state index in [4.69, 9.17) is 24.4 Å². The molecule has 0 spiro atoms. The first-order valence-electron chi connectivity index (χ1n) is 11.2. The number of dihydropyridines is 1. The molecule has 160 valence electrons. The fourth-order valence-electron chi connectivity index (χ4n) is 4.80. The summed E-state index contributed by atoms with van der Waals surface area (Å²) in [5, 5.41) is 4.52. The number of hydrogen-bond acceptors (Lipinski definition) is 3. The quantitative estimate of drug-likeness (QED) is 0.554. The second-order valence-electron chi connectivity index (χ2n) is 8.80. The Bertz CT molecular complexity index is 1130. The largest absolute Gasteiger partial charge is 0.383 e. The maximum atomic E-state index is 6.47. The number of benzene rings is 2. The molecule has 0 bridgehead atoms. The molecule has 3 aliphatic rings. The van der Waals surface area contributed by atoms with E-state index in [1.807, 2.05) is 42.6 Å². The zero-order valence-corrected chi connectivity index (χ0v) is 20.1. The summed E-state index contributed by atoms with van der Waals surface area (Å²) in [6.07, 6.45) is 9.88. The fourth-order valence-corrected chi connectivity index (χ4v) is 5.46. The minimum atomic E-state index is -0.0666. The lowest BCUT2D eigenvalue weighted by Gasteiger charge is -2.32. The molecular weight excluding hydrogens is 480 g/mol. The molecule has 2 aliphatic heterocycles. The standard InChI is InChI=1S/C26H24BBrClN3/c27-18-9-5-16(6-10-18)13-17-7-11-19(12-8-17)31-24-14-23(20-3-1-2-4-22(20)29)32-25-21(28)15-30-26(24)25/h1-6,9-10,14-15,17,19,26,31H,7-8,11-13H2. The van der Waals surface area contributed by atoms with Gasteiger partial charge in [0.05, 0.1) is 15.9 Å². The van der Waals surface area contributed by atoms with E-state index in [0.717, 1.165) is 57.8 Å². The third-order valence-corrected chi connectivity index (χ3v) is 7.48. The first kappa shape index (κ1) is 21.7. The van der Waals surface area contributed by atoms with E-state index in [1.165, 1.54) is 18.4 Å². The van der Waals surface area contributed by atoms with Gasteiger partial charge < -0.3 is 5.32 Å². The van der Waals surface area contributed by atoms with Gasteiger partial charge in [0.15, 0.2) is 0 Å². The van der Waals surface area contributed by atoms with Crippen molar-refractivity contribution in [2.75, 3.05) is 0 Å². The van der Waals surface area contributed by atoms with Gasteiger partial charge >= 0.3 is 0 Å². The predicted molar refractivity (Wildman–Crippen MR) is 139 cm³/mol. The Morgan fingerprint density at radius 3 is 2.53 bits per heavy atom. The van der Waals surface area contributed by atoms with E-state index in [9.17, 15) is 0 Å². The number of aliphatic imine (C=N–C) groups is 2. The van der Waals surface area contributed by atoms with Gasteiger partial charge in [0.2, 0.25) is 0 Å². The number of allylic oxidation sites excluding steroid dienone is 2. The van der Waals surface area contributed by atoms with Crippen LogP contribution in [-0.4, -0.2) is 31.9 Å². The van der Waals surface area contributed by atoms with Gasteiger partial charge in [-0.1, -0.05) is 59.5 Å². The zero-order chi connectivity index (χ0) is 22.1. The van der Waals surface area contributed by atoms with Crippen LogP contribution < -0.4 is 10.8 Å². The summed E-state index contributed by atoms with van der Waals surface area (Å²) in [6, 6.07) is 16.6. The Labute approximate surface area is 204 Å². The molecule has 0 saturated heterocycles. The van der Waals surface area contributed by atoms with Crippen molar-refractivity contribution < 1.29 is 0 Å². The molecule has 1 fully saturated rings. The van der Waals surface area contributed by atoms with Crippen LogP contribution in [0.25, 0.3) is 0 Å². The maximum absolute atomic E-state index is 6.47. The normalized spacial score (nSPS) is 24.8. The summed E-state index contributed by atoms with van der Waals surface area (Å²) in [7, 11) is 5.82. The van der Waals surface area contributed by atoms with Crippen LogP contribution in [0.5, 0.6) is 0 Å². The van der Waals surface area contributed by atoms with E-state index >= 15 is 0 Å². The summed E-state index contributed by atoms with van der Waals surface area (Å²) in [4.78, 5) is 9.57. The number of hydrogen-bond donors (Lipinski definition) is 1. The Morgan fingerprint density at radius 2 is 1.78 bits per heavy atom. The molecule has 6 heteroatoms. The minimum absolute atomic E-state index is 0.0666. The Hall–Kier alpha value is -2.11. The summed E-state index contributed by atoms with van der Waals surface area (Å²) >= 11 is 10.1. The average molecular weight is 505 g/mol. The van der Waals surface area contributed by atoms with Crippen molar-refractivity contribution in [2.45, 2.75) is 44.2 Å². The van der Waals surface area contributed by atoms with E-state index in [-0.39, 0.29) is 6.04 Å². The topological polar surface area (TPSA) is 36.8 Å². The second kappa shape index (κ2) is 9.40. The molecule has 2 aromatic rings. The van der Waals surface area contributed by atoms with Crippen molar-refractivity contribution in [3.63, 3.8) is 0 Å². The highest BCUT2D eigenvalue weighted by atomic mass is 79.9. The molecule has 2 radical (unpaired) electrons. The van der Waals surface area contributed by atoms with Gasteiger partial charge in [0, 0.05) is 28.5 Å². The molecule has 2 aromatic carbocycles. The van der Waals surface area contributed by atoms with Gasteiger partial charge in [-0.15, -0.1) is 0 Å². The van der Waals surface area contributed by atoms with Crippen LogP contribution in [0.4, 0.5) is 0 Å². The minimum Gasteiger partial charge on any atom is -0.383 e. The van der Waals surface area contributed by atoms with E-state index < -0.39 is 0 Å². The van der Waals surface area contributed by atoms with Crippen molar-refractivity contribution in [1.82, 2.24) is 5.32 Å². The molecule has 0 aromatic heterocycles. The van der Waals surface area contributed by atoms with Crippen molar-refractivity contribution in [2.24, 2.45) is 15.9 Å². The lowest BCUT2D eigenvalue weighted by molar-refractivity contribution is 0.300. The smallest absolute Gasteiger partial charge is 0.133 e. The summed E-state index contributed by atoms with van der Waals surface area (Å²) < 4.78 is 0.937. The molecular formula is C26H24BBrClN3. The molecule has 1 unspecified atom stereocenters. The average Bonchev–Trinajstić information content (AvgIpc) is 3.18. The molecule has 0 amide bonds. The van der Waals surface area contributed by atoms with Crippen LogP contribution in [0.1, 0.15) is 36.8 Å². The zero-order valence-electron chi connectivity index (χ0n) is 17.8. The third kappa shape index (κ3) is 4.65. The molecule has 1 N–H and O–H groups in total. The van der Waals surface area contributed by atoms with Gasteiger partial charge in [-0.25, -0.2) is 4.99 Å². The van der Waals surface area contributed by atoms with E-state index in [2.05, 4.69) is 44.4 Å². The Balaban J connectivity index is 1.28. The van der Waals surface area contributed by atoms with Gasteiger partial charge in [-0.2, -0.15) is 0 Å². The van der Waals surface area contributed by atoms with Crippen LogP contribution in [0.15, 0.2) is 80.5 Å². The number of nitrogens with one attached hydrogen (secondary N) is 1. The fraction of sp³-hybridized carbons (Fsp3) is 0.308. The van der Waals surface area contributed by atoms with Crippen LogP contribution in [-0.2, 0) is 6.42 Å². The predicted octanol–water partition coefficient (Wildman–Crippen LogP) is 5.27. The summed E-state index contributed by atoms with van der Waals surface area (Å²) in [5.74, 6) is 0.728. The van der Waals surface area contributed by atoms with Gasteiger partial charge in [0.25, 0.3) is 0 Å². The molecule has 1 aliphatic carbocycles. The van der Waals surface area contributed by atoms with Crippen LogP contribution in [0.3, 0.4) is 0 Å². The van der Waals surface area contributed by atoms with Crippen LogP contribution >= 0.6 is 27.5 Å². The van der Waals surface area contributed by atoms with Crippen molar-refractivity contribution in [3.8, 4) is 0 Å². The number of rotatable bonds is 5. The monoisotopic (exact) mass is 503 g/mol. The number of fused-ring (bicyclic) bond motifs is 1. The Kier molecular flexibility index (Phi) is 6.39. The first-order chi connectivity index (χ1) is 15.6. The third-order valence-electron chi connectivity index (χ3n) is 6.54. The van der Waals surface area contributed by atoms with Gasteiger partial charge in [0.1, 0.15) is 13.9 Å². The second-order valence-corrected chi connectivity index (χ2v) is 10.1. The highest BCUT2D eigenvalue weighted by Gasteiger charge is 2.31.